The van der Waals surface area contributed by atoms with E-state index in [2.05, 4.69) is 16.5 Å². The van der Waals surface area contributed by atoms with E-state index in [0.717, 1.165) is 0 Å². The van der Waals surface area contributed by atoms with Crippen molar-refractivity contribution in [2.45, 2.75) is 26.3 Å². The maximum absolute atomic E-state index is 11.6. The van der Waals surface area contributed by atoms with Gasteiger partial charge >= 0.3 is 0 Å². The van der Waals surface area contributed by atoms with Crippen molar-refractivity contribution in [3.63, 3.8) is 0 Å². The molecule has 1 aromatic carbocycles. The number of benzene rings is 1. The summed E-state index contributed by atoms with van der Waals surface area (Å²) in [6, 6.07) is 7.04. The van der Waals surface area contributed by atoms with E-state index >= 15 is 0 Å². The molecule has 0 aliphatic rings. The van der Waals surface area contributed by atoms with Crippen molar-refractivity contribution < 1.29 is 4.79 Å². The number of aromatic nitrogens is 2. The second kappa shape index (κ2) is 5.99. The second-order valence-electron chi connectivity index (χ2n) is 5.35. The number of nitrogens with one attached hydrogen (secondary N) is 1. The Labute approximate surface area is 138 Å². The average molecular weight is 337 g/mol. The number of Topliss-reactive ketones (excluding diaryl/α,β-unsaturated/α-hetero) is 1. The summed E-state index contributed by atoms with van der Waals surface area (Å²) in [5.41, 5.74) is 0.0887. The second-order valence-corrected chi connectivity index (χ2v) is 6.19. The minimum atomic E-state index is -0.825. The number of nitriles is 1. The summed E-state index contributed by atoms with van der Waals surface area (Å²) in [5.74, 6) is 0.268. The summed E-state index contributed by atoms with van der Waals surface area (Å²) in [4.78, 5) is 11.6. The number of ketones is 1. The third-order valence-electron chi connectivity index (χ3n) is 3.30. The van der Waals surface area contributed by atoms with E-state index in [1.165, 1.54) is 11.6 Å². The van der Waals surface area contributed by atoms with Gasteiger partial charge in [0.2, 0.25) is 0 Å². The molecule has 0 fully saturated rings. The van der Waals surface area contributed by atoms with E-state index in [4.69, 9.17) is 23.2 Å². The highest BCUT2D eigenvalue weighted by Crippen LogP contribution is 2.26. The molecule has 0 saturated heterocycles. The van der Waals surface area contributed by atoms with Crippen molar-refractivity contribution in [3.05, 3.63) is 40.0 Å². The van der Waals surface area contributed by atoms with Crippen LogP contribution < -0.4 is 5.32 Å². The Balaban J connectivity index is 2.45. The molecule has 0 aliphatic heterocycles. The Hall–Kier alpha value is -2.03. The summed E-state index contributed by atoms with van der Waals surface area (Å²) in [6.07, 6.45) is 1.55. The van der Waals surface area contributed by atoms with Gasteiger partial charge in [0.1, 0.15) is 11.6 Å². The SMILES string of the molecule is CC(=O)C(C)(C)Nc1nn(-c2ccc(Cl)cc2Cl)cc1C#N. The number of carbonyl (C=O) groups is 1. The zero-order valence-corrected chi connectivity index (χ0v) is 13.8. The van der Waals surface area contributed by atoms with Crippen LogP contribution in [0.1, 0.15) is 26.3 Å². The molecule has 0 aliphatic carbocycles. The first-order valence-corrected chi connectivity index (χ1v) is 7.24. The number of hydrogen-bond donors (Lipinski definition) is 1. The van der Waals surface area contributed by atoms with Crippen LogP contribution in [-0.4, -0.2) is 21.1 Å². The summed E-state index contributed by atoms with van der Waals surface area (Å²) in [6.45, 7) is 4.93. The van der Waals surface area contributed by atoms with Crippen molar-refractivity contribution in [3.8, 4) is 11.8 Å². The van der Waals surface area contributed by atoms with Gasteiger partial charge in [-0.3, -0.25) is 4.79 Å². The van der Waals surface area contributed by atoms with Gasteiger partial charge in [-0.05, 0) is 39.0 Å². The van der Waals surface area contributed by atoms with Gasteiger partial charge in [0.05, 0.1) is 22.4 Å². The molecule has 2 aromatic rings. The number of halogens is 2. The largest absolute Gasteiger partial charge is 0.356 e. The highest BCUT2D eigenvalue weighted by atomic mass is 35.5. The lowest BCUT2D eigenvalue weighted by Crippen LogP contribution is -2.38. The van der Waals surface area contributed by atoms with E-state index < -0.39 is 5.54 Å². The molecule has 114 valence electrons. The third kappa shape index (κ3) is 3.24. The lowest BCUT2D eigenvalue weighted by molar-refractivity contribution is -0.120. The standard InChI is InChI=1S/C15H14Cl2N4O/c1-9(22)15(2,3)19-14-10(7-18)8-21(20-14)13-5-4-11(16)6-12(13)17/h4-6,8H,1-3H3,(H,19,20). The van der Waals surface area contributed by atoms with E-state index in [1.807, 2.05) is 0 Å². The van der Waals surface area contributed by atoms with Gasteiger partial charge in [-0.1, -0.05) is 23.2 Å². The molecule has 22 heavy (non-hydrogen) atoms. The van der Waals surface area contributed by atoms with Crippen LogP contribution in [0.3, 0.4) is 0 Å². The topological polar surface area (TPSA) is 70.7 Å². The van der Waals surface area contributed by atoms with Gasteiger partial charge in [-0.2, -0.15) is 5.26 Å². The number of hydrogen-bond acceptors (Lipinski definition) is 4. The first kappa shape index (κ1) is 16.3. The molecule has 0 unspecified atom stereocenters. The van der Waals surface area contributed by atoms with Gasteiger partial charge in [-0.15, -0.1) is 5.10 Å². The Morgan fingerprint density at radius 3 is 2.64 bits per heavy atom. The van der Waals surface area contributed by atoms with Crippen LogP contribution in [0.15, 0.2) is 24.4 Å². The summed E-state index contributed by atoms with van der Waals surface area (Å²) < 4.78 is 1.48. The van der Waals surface area contributed by atoms with Crippen molar-refractivity contribution >= 4 is 34.8 Å². The fraction of sp³-hybridized carbons (Fsp3) is 0.267. The molecule has 1 aromatic heterocycles. The maximum Gasteiger partial charge on any atom is 0.167 e. The van der Waals surface area contributed by atoms with Crippen LogP contribution in [0.2, 0.25) is 10.0 Å². The molecule has 5 nitrogen and oxygen atoms in total. The lowest BCUT2D eigenvalue weighted by atomic mass is 10.0. The molecule has 0 amide bonds. The van der Waals surface area contributed by atoms with Crippen LogP contribution in [0, 0.1) is 11.3 Å². The number of anilines is 1. The fourth-order valence-electron chi connectivity index (χ4n) is 1.72. The monoisotopic (exact) mass is 336 g/mol. The van der Waals surface area contributed by atoms with Crippen LogP contribution in [0.25, 0.3) is 5.69 Å². The highest BCUT2D eigenvalue weighted by molar-refractivity contribution is 6.35. The maximum atomic E-state index is 11.6. The van der Waals surface area contributed by atoms with Crippen molar-refractivity contribution in [2.24, 2.45) is 0 Å². The van der Waals surface area contributed by atoms with Gasteiger partial charge in [0, 0.05) is 5.02 Å². The first-order valence-electron chi connectivity index (χ1n) is 6.49. The molecule has 1 heterocycles. The molecule has 0 saturated carbocycles. The summed E-state index contributed by atoms with van der Waals surface area (Å²) in [7, 11) is 0. The van der Waals surface area contributed by atoms with E-state index in [9.17, 15) is 10.1 Å². The van der Waals surface area contributed by atoms with Gasteiger partial charge in [0.25, 0.3) is 0 Å². The summed E-state index contributed by atoms with van der Waals surface area (Å²) in [5, 5.41) is 17.5. The summed E-state index contributed by atoms with van der Waals surface area (Å²) >= 11 is 12.0. The minimum Gasteiger partial charge on any atom is -0.356 e. The Morgan fingerprint density at radius 1 is 1.41 bits per heavy atom. The van der Waals surface area contributed by atoms with Gasteiger partial charge < -0.3 is 5.32 Å². The van der Waals surface area contributed by atoms with Gasteiger partial charge in [-0.25, -0.2) is 4.68 Å². The predicted octanol–water partition coefficient (Wildman–Crippen LogP) is 3.83. The molecule has 0 bridgehead atoms. The van der Waals surface area contributed by atoms with Crippen LogP contribution >= 0.6 is 23.2 Å². The van der Waals surface area contributed by atoms with Gasteiger partial charge in [0.15, 0.2) is 11.6 Å². The van der Waals surface area contributed by atoms with E-state index in [-0.39, 0.29) is 5.78 Å². The Morgan fingerprint density at radius 2 is 2.09 bits per heavy atom. The quantitative estimate of drug-likeness (QED) is 0.920. The molecule has 0 spiro atoms. The third-order valence-corrected chi connectivity index (χ3v) is 3.84. The highest BCUT2D eigenvalue weighted by Gasteiger charge is 2.26. The Kier molecular flexibility index (Phi) is 4.45. The molecule has 0 radical (unpaired) electrons. The molecule has 0 atom stereocenters. The normalized spacial score (nSPS) is 11.1. The number of nitrogens with zero attached hydrogens (tertiary/aromatic N) is 3. The smallest absolute Gasteiger partial charge is 0.167 e. The minimum absolute atomic E-state index is 0.0598. The van der Waals surface area contributed by atoms with Crippen molar-refractivity contribution in [1.29, 1.82) is 5.26 Å². The van der Waals surface area contributed by atoms with Crippen LogP contribution in [-0.2, 0) is 4.79 Å². The van der Waals surface area contributed by atoms with Crippen LogP contribution in [0.4, 0.5) is 5.82 Å². The predicted molar refractivity (Wildman–Crippen MR) is 86.7 cm³/mol. The molecule has 7 heteroatoms. The average Bonchev–Trinajstić information content (AvgIpc) is 2.80. The zero-order chi connectivity index (χ0) is 16.5. The van der Waals surface area contributed by atoms with E-state index in [0.29, 0.717) is 27.1 Å². The van der Waals surface area contributed by atoms with Crippen LogP contribution in [0.5, 0.6) is 0 Å². The molecule has 1 N–H and O–H groups in total. The Bertz CT molecular complexity index is 774. The zero-order valence-electron chi connectivity index (χ0n) is 12.3. The van der Waals surface area contributed by atoms with Crippen molar-refractivity contribution in [2.75, 3.05) is 5.32 Å². The fourth-order valence-corrected chi connectivity index (χ4v) is 2.22. The number of carbonyl (C=O) groups excluding carboxylic acids is 1. The molecule has 2 rings (SSSR count). The van der Waals surface area contributed by atoms with Crippen molar-refractivity contribution in [1.82, 2.24) is 9.78 Å². The first-order chi connectivity index (χ1) is 10.2. The molecular weight excluding hydrogens is 323 g/mol. The number of rotatable bonds is 4. The van der Waals surface area contributed by atoms with E-state index in [1.54, 1.807) is 38.2 Å². The lowest BCUT2D eigenvalue weighted by Gasteiger charge is -2.22. The molecular formula is C15H14Cl2N4O.